The molecule has 0 aliphatic rings. The highest BCUT2D eigenvalue weighted by atomic mass is 16.5. The van der Waals surface area contributed by atoms with Crippen LogP contribution in [0.1, 0.15) is 24.2 Å². The lowest BCUT2D eigenvalue weighted by Gasteiger charge is -2.12. The van der Waals surface area contributed by atoms with E-state index < -0.39 is 0 Å². The molecule has 1 heterocycles. The van der Waals surface area contributed by atoms with E-state index in [2.05, 4.69) is 15.4 Å². The van der Waals surface area contributed by atoms with Gasteiger partial charge in [-0.25, -0.2) is 0 Å². The number of rotatable bonds is 5. The number of hydrogen-bond acceptors (Lipinski definition) is 5. The maximum absolute atomic E-state index is 5.81. The molecular weight excluding hydrogens is 230 g/mol. The summed E-state index contributed by atoms with van der Waals surface area (Å²) in [5.41, 5.74) is 6.85. The molecule has 0 radical (unpaired) electrons. The third-order valence-corrected chi connectivity index (χ3v) is 2.64. The van der Waals surface area contributed by atoms with Gasteiger partial charge in [0.15, 0.2) is 5.82 Å². The predicted molar refractivity (Wildman–Crippen MR) is 67.3 cm³/mol. The highest BCUT2D eigenvalue weighted by Crippen LogP contribution is 2.23. The van der Waals surface area contributed by atoms with E-state index in [4.69, 9.17) is 10.5 Å². The Morgan fingerprint density at radius 1 is 1.44 bits per heavy atom. The van der Waals surface area contributed by atoms with Crippen molar-refractivity contribution in [1.29, 1.82) is 0 Å². The quantitative estimate of drug-likeness (QED) is 0.841. The van der Waals surface area contributed by atoms with Crippen molar-refractivity contribution < 1.29 is 4.74 Å². The molecule has 0 saturated carbocycles. The van der Waals surface area contributed by atoms with E-state index in [1.807, 2.05) is 31.2 Å². The van der Waals surface area contributed by atoms with Crippen molar-refractivity contribution in [3.05, 3.63) is 35.7 Å². The summed E-state index contributed by atoms with van der Waals surface area (Å²) in [4.78, 5) is 1.43. The van der Waals surface area contributed by atoms with Gasteiger partial charge >= 0.3 is 0 Å². The van der Waals surface area contributed by atoms with Gasteiger partial charge in [0.1, 0.15) is 5.75 Å². The number of aromatic nitrogens is 4. The van der Waals surface area contributed by atoms with Crippen LogP contribution in [0.3, 0.4) is 0 Å². The minimum atomic E-state index is -0.0564. The van der Waals surface area contributed by atoms with Gasteiger partial charge in [-0.1, -0.05) is 12.1 Å². The summed E-state index contributed by atoms with van der Waals surface area (Å²) in [7, 11) is 1.74. The summed E-state index contributed by atoms with van der Waals surface area (Å²) in [6.07, 6.45) is 0. The van der Waals surface area contributed by atoms with E-state index in [1.165, 1.54) is 4.80 Å². The molecule has 2 rings (SSSR count). The van der Waals surface area contributed by atoms with Crippen molar-refractivity contribution in [2.24, 2.45) is 12.8 Å². The molecule has 1 aromatic heterocycles. The van der Waals surface area contributed by atoms with E-state index in [-0.39, 0.29) is 5.92 Å². The topological polar surface area (TPSA) is 78.9 Å². The molecule has 0 aliphatic carbocycles. The molecule has 1 atom stereocenters. The van der Waals surface area contributed by atoms with E-state index in [0.29, 0.717) is 19.0 Å². The molecule has 0 spiro atoms. The summed E-state index contributed by atoms with van der Waals surface area (Å²) < 4.78 is 5.48. The third kappa shape index (κ3) is 2.65. The Morgan fingerprint density at radius 3 is 2.89 bits per heavy atom. The van der Waals surface area contributed by atoms with Crippen LogP contribution in [-0.2, 0) is 7.05 Å². The van der Waals surface area contributed by atoms with Gasteiger partial charge in [-0.15, -0.1) is 10.2 Å². The number of tetrazole rings is 1. The first-order valence-electron chi connectivity index (χ1n) is 5.91. The highest BCUT2D eigenvalue weighted by molar-refractivity contribution is 5.33. The summed E-state index contributed by atoms with van der Waals surface area (Å²) in [5.74, 6) is 1.41. The van der Waals surface area contributed by atoms with Crippen LogP contribution in [0.15, 0.2) is 24.3 Å². The van der Waals surface area contributed by atoms with Gasteiger partial charge in [0.25, 0.3) is 0 Å². The molecule has 0 saturated heterocycles. The third-order valence-electron chi connectivity index (χ3n) is 2.64. The van der Waals surface area contributed by atoms with E-state index in [9.17, 15) is 0 Å². The van der Waals surface area contributed by atoms with Gasteiger partial charge in [0.2, 0.25) is 0 Å². The molecule has 96 valence electrons. The van der Waals surface area contributed by atoms with Crippen LogP contribution < -0.4 is 10.5 Å². The normalized spacial score (nSPS) is 12.4. The summed E-state index contributed by atoms with van der Waals surface area (Å²) in [6.45, 7) is 3.03. The molecular formula is C12H17N5O. The molecule has 2 N–H and O–H groups in total. The minimum absolute atomic E-state index is 0.0564. The maximum atomic E-state index is 5.81. The highest BCUT2D eigenvalue weighted by Gasteiger charge is 2.18. The maximum Gasteiger partial charge on any atom is 0.183 e. The molecule has 6 nitrogen and oxygen atoms in total. The Kier molecular flexibility index (Phi) is 3.88. The lowest BCUT2D eigenvalue weighted by molar-refractivity contribution is 0.340. The molecule has 1 aromatic carbocycles. The monoisotopic (exact) mass is 247 g/mol. The Bertz CT molecular complexity index is 511. The van der Waals surface area contributed by atoms with Gasteiger partial charge in [-0.2, -0.15) is 4.80 Å². The van der Waals surface area contributed by atoms with E-state index in [1.54, 1.807) is 7.05 Å². The molecule has 1 unspecified atom stereocenters. The first-order chi connectivity index (χ1) is 8.74. The Morgan fingerprint density at radius 2 is 2.28 bits per heavy atom. The number of nitrogens with two attached hydrogens (primary N) is 1. The van der Waals surface area contributed by atoms with Crippen LogP contribution in [0.25, 0.3) is 0 Å². The predicted octanol–water partition coefficient (Wildman–Crippen LogP) is 0.699. The molecule has 2 aromatic rings. The fourth-order valence-electron chi connectivity index (χ4n) is 1.82. The van der Waals surface area contributed by atoms with Crippen LogP contribution in [0, 0.1) is 0 Å². The van der Waals surface area contributed by atoms with Crippen molar-refractivity contribution in [2.45, 2.75) is 12.8 Å². The average Bonchev–Trinajstić information content (AvgIpc) is 2.78. The van der Waals surface area contributed by atoms with Crippen molar-refractivity contribution in [2.75, 3.05) is 13.2 Å². The number of aryl methyl sites for hydroxylation is 1. The van der Waals surface area contributed by atoms with Gasteiger partial charge in [-0.05, 0) is 29.8 Å². The number of hydrogen-bond donors (Lipinski definition) is 1. The first-order valence-corrected chi connectivity index (χ1v) is 5.91. The number of benzene rings is 1. The van der Waals surface area contributed by atoms with Gasteiger partial charge in [0.05, 0.1) is 19.6 Å². The lowest BCUT2D eigenvalue weighted by atomic mass is 9.98. The zero-order valence-corrected chi connectivity index (χ0v) is 10.6. The van der Waals surface area contributed by atoms with Crippen LogP contribution in [0.5, 0.6) is 5.75 Å². The zero-order chi connectivity index (χ0) is 13.0. The van der Waals surface area contributed by atoms with E-state index in [0.717, 1.165) is 11.3 Å². The summed E-state index contributed by atoms with van der Waals surface area (Å²) >= 11 is 0. The molecule has 0 fully saturated rings. The Labute approximate surface area is 106 Å². The van der Waals surface area contributed by atoms with Gasteiger partial charge in [-0.3, -0.25) is 0 Å². The van der Waals surface area contributed by atoms with Crippen LogP contribution >= 0.6 is 0 Å². The second-order valence-electron chi connectivity index (χ2n) is 3.93. The number of nitrogens with zero attached hydrogens (tertiary/aromatic N) is 4. The van der Waals surface area contributed by atoms with Crippen molar-refractivity contribution in [3.63, 3.8) is 0 Å². The molecule has 6 heteroatoms. The lowest BCUT2D eigenvalue weighted by Crippen LogP contribution is -2.15. The van der Waals surface area contributed by atoms with Crippen molar-refractivity contribution in [3.8, 4) is 5.75 Å². The second-order valence-corrected chi connectivity index (χ2v) is 3.93. The minimum Gasteiger partial charge on any atom is -0.494 e. The average molecular weight is 247 g/mol. The molecule has 18 heavy (non-hydrogen) atoms. The van der Waals surface area contributed by atoms with Gasteiger partial charge in [0, 0.05) is 6.54 Å². The van der Waals surface area contributed by atoms with Crippen LogP contribution in [0.4, 0.5) is 0 Å². The standard InChI is InChI=1S/C12H17N5O/c1-3-18-10-6-4-5-9(7-10)11(8-13)12-14-16-17(2)15-12/h4-7,11H,3,8,13H2,1-2H3. The fraction of sp³-hybridized carbons (Fsp3) is 0.417. The SMILES string of the molecule is CCOc1cccc(C(CN)c2nnn(C)n2)c1. The smallest absolute Gasteiger partial charge is 0.183 e. The fourth-order valence-corrected chi connectivity index (χ4v) is 1.82. The van der Waals surface area contributed by atoms with E-state index >= 15 is 0 Å². The Hall–Kier alpha value is -1.95. The van der Waals surface area contributed by atoms with Crippen LogP contribution in [-0.4, -0.2) is 33.4 Å². The molecule has 0 bridgehead atoms. The molecule has 0 amide bonds. The van der Waals surface area contributed by atoms with Crippen LogP contribution in [0.2, 0.25) is 0 Å². The number of ether oxygens (including phenoxy) is 1. The second kappa shape index (κ2) is 5.59. The summed E-state index contributed by atoms with van der Waals surface area (Å²) in [6, 6.07) is 7.83. The summed E-state index contributed by atoms with van der Waals surface area (Å²) in [5, 5.41) is 12.1. The largest absolute Gasteiger partial charge is 0.494 e. The molecule has 0 aliphatic heterocycles. The Balaban J connectivity index is 2.29. The zero-order valence-electron chi connectivity index (χ0n) is 10.6. The van der Waals surface area contributed by atoms with Crippen molar-refractivity contribution in [1.82, 2.24) is 20.2 Å². The van der Waals surface area contributed by atoms with Crippen molar-refractivity contribution >= 4 is 0 Å². The first kappa shape index (κ1) is 12.5. The van der Waals surface area contributed by atoms with Gasteiger partial charge < -0.3 is 10.5 Å².